The second kappa shape index (κ2) is 4.35. The molecule has 0 radical (unpaired) electrons. The van der Waals surface area contributed by atoms with Crippen LogP contribution in [0.4, 0.5) is 0 Å². The van der Waals surface area contributed by atoms with E-state index in [-0.39, 0.29) is 0 Å². The van der Waals surface area contributed by atoms with Gasteiger partial charge in [-0.25, -0.2) is 9.97 Å². The molecule has 20 heavy (non-hydrogen) atoms. The predicted octanol–water partition coefficient (Wildman–Crippen LogP) is 4.14. The van der Waals surface area contributed by atoms with E-state index in [4.69, 9.17) is 11.6 Å². The van der Waals surface area contributed by atoms with Crippen molar-refractivity contribution in [3.05, 3.63) is 60.3 Å². The van der Waals surface area contributed by atoms with Gasteiger partial charge >= 0.3 is 0 Å². The van der Waals surface area contributed by atoms with Crippen molar-refractivity contribution in [2.75, 3.05) is 0 Å². The van der Waals surface area contributed by atoms with Gasteiger partial charge in [0.15, 0.2) is 11.2 Å². The van der Waals surface area contributed by atoms with Crippen molar-refractivity contribution < 1.29 is 11.6 Å². The van der Waals surface area contributed by atoms with Gasteiger partial charge in [0.25, 0.3) is 0 Å². The minimum atomic E-state index is 0.390. The lowest BCUT2D eigenvalue weighted by molar-refractivity contribution is 0.583. The van der Waals surface area contributed by atoms with Crippen molar-refractivity contribution in [3.63, 3.8) is 0 Å². The maximum atomic E-state index is 7.56. The Morgan fingerprint density at radius 1 is 0.800 bits per heavy atom. The summed E-state index contributed by atoms with van der Waals surface area (Å²) in [5, 5.41) is 0. The first-order valence-electron chi connectivity index (χ1n) is 7.10. The van der Waals surface area contributed by atoms with Crippen LogP contribution in [0.25, 0.3) is 34.4 Å². The number of hydrogen-bond donors (Lipinski definition) is 0. The maximum absolute atomic E-state index is 7.56. The Balaban J connectivity index is 1.68. The molecule has 4 heteroatoms. The molecule has 2 aromatic carbocycles. The molecule has 2 heterocycles. The number of oxazole rings is 2. The molecule has 0 saturated carbocycles. The standard InChI is InChI=1S/C16H10N2O2/c1-3-7-13-11(5-1)17-15(19-13)9-10-16-18-12-6-2-4-8-14(12)20-16/h1-10H/i1D,2D. The average Bonchev–Trinajstić information content (AvgIpc) is 3.07. The normalized spacial score (nSPS) is 13.2. The van der Waals surface area contributed by atoms with Gasteiger partial charge in [0, 0.05) is 12.2 Å². The van der Waals surface area contributed by atoms with Crippen molar-refractivity contribution in [2.45, 2.75) is 0 Å². The van der Waals surface area contributed by atoms with Gasteiger partial charge in [-0.3, -0.25) is 0 Å². The molecule has 0 aliphatic heterocycles. The molecule has 2 aromatic heterocycles. The molecule has 0 fully saturated rings. The number of para-hydroxylation sites is 4. The van der Waals surface area contributed by atoms with E-state index in [1.54, 1.807) is 48.6 Å². The fourth-order valence-corrected chi connectivity index (χ4v) is 1.96. The topological polar surface area (TPSA) is 52.1 Å². The first kappa shape index (κ1) is 9.09. The SMILES string of the molecule is [2H]c1ccc2oc(C=Cc3nc4cc([2H])ccc4o3)nc2c1. The molecule has 0 saturated heterocycles. The molecule has 0 amide bonds. The van der Waals surface area contributed by atoms with Gasteiger partial charge in [-0.2, -0.15) is 0 Å². The zero-order valence-electron chi connectivity index (χ0n) is 12.3. The summed E-state index contributed by atoms with van der Waals surface area (Å²) in [6.45, 7) is 0. The van der Waals surface area contributed by atoms with E-state index in [1.807, 2.05) is 0 Å². The second-order valence-corrected chi connectivity index (χ2v) is 4.23. The second-order valence-electron chi connectivity index (χ2n) is 4.23. The Morgan fingerprint density at radius 3 is 1.80 bits per heavy atom. The first-order valence-corrected chi connectivity index (χ1v) is 6.10. The highest BCUT2D eigenvalue weighted by molar-refractivity contribution is 5.77. The van der Waals surface area contributed by atoms with Crippen LogP contribution in [-0.2, 0) is 0 Å². The Bertz CT molecular complexity index is 936. The van der Waals surface area contributed by atoms with Gasteiger partial charge in [-0.05, 0) is 24.3 Å². The van der Waals surface area contributed by atoms with Crippen LogP contribution in [0.15, 0.2) is 57.3 Å². The minimum Gasteiger partial charge on any atom is -0.437 e. The van der Waals surface area contributed by atoms with Gasteiger partial charge < -0.3 is 8.83 Å². The smallest absolute Gasteiger partial charge is 0.220 e. The van der Waals surface area contributed by atoms with Crippen LogP contribution in [-0.4, -0.2) is 9.97 Å². The van der Waals surface area contributed by atoms with Crippen LogP contribution in [0.5, 0.6) is 0 Å². The Labute approximate surface area is 117 Å². The molecule has 4 aromatic rings. The Kier molecular flexibility index (Phi) is 1.98. The molecule has 0 aliphatic rings. The van der Waals surface area contributed by atoms with Crippen LogP contribution >= 0.6 is 0 Å². The minimum absolute atomic E-state index is 0.390. The summed E-state index contributed by atoms with van der Waals surface area (Å²) in [6.07, 6.45) is 3.33. The van der Waals surface area contributed by atoms with E-state index in [1.165, 1.54) is 0 Å². The molecule has 0 bridgehead atoms. The molecule has 0 unspecified atom stereocenters. The quantitative estimate of drug-likeness (QED) is 0.546. The highest BCUT2D eigenvalue weighted by atomic mass is 16.4. The van der Waals surface area contributed by atoms with Crippen LogP contribution in [0, 0.1) is 0 Å². The summed E-state index contributed by atoms with van der Waals surface area (Å²) in [6, 6.07) is 10.8. The van der Waals surface area contributed by atoms with E-state index >= 15 is 0 Å². The van der Waals surface area contributed by atoms with Crippen LogP contribution < -0.4 is 0 Å². The molecule has 0 aliphatic carbocycles. The number of hydrogen-bond acceptors (Lipinski definition) is 4. The zero-order chi connectivity index (χ0) is 15.1. The van der Waals surface area contributed by atoms with Crippen LogP contribution in [0.3, 0.4) is 0 Å². The fraction of sp³-hybridized carbons (Fsp3) is 0. The molecular formula is C16H10N2O2. The highest BCUT2D eigenvalue weighted by Gasteiger charge is 2.04. The average molecular weight is 264 g/mol. The summed E-state index contributed by atoms with van der Waals surface area (Å²) in [7, 11) is 0. The number of aromatic nitrogens is 2. The molecule has 0 N–H and O–H groups in total. The van der Waals surface area contributed by atoms with Gasteiger partial charge in [-0.1, -0.05) is 24.2 Å². The van der Waals surface area contributed by atoms with E-state index in [0.717, 1.165) is 0 Å². The molecule has 4 rings (SSSR count). The van der Waals surface area contributed by atoms with Crippen molar-refractivity contribution in [2.24, 2.45) is 0 Å². The lowest BCUT2D eigenvalue weighted by Gasteiger charge is -1.82. The monoisotopic (exact) mass is 264 g/mol. The summed E-state index contributed by atoms with van der Waals surface area (Å²) in [5.74, 6) is 0.841. The van der Waals surface area contributed by atoms with Crippen molar-refractivity contribution in [1.29, 1.82) is 0 Å². The highest BCUT2D eigenvalue weighted by Crippen LogP contribution is 2.18. The van der Waals surface area contributed by atoms with Gasteiger partial charge in [0.2, 0.25) is 11.8 Å². The Morgan fingerprint density at radius 2 is 1.30 bits per heavy atom. The Hall–Kier alpha value is -2.88. The summed E-state index contributed by atoms with van der Waals surface area (Å²) >= 11 is 0. The molecule has 0 atom stereocenters. The van der Waals surface area contributed by atoms with Crippen LogP contribution in [0.2, 0.25) is 0 Å². The predicted molar refractivity (Wildman–Crippen MR) is 76.9 cm³/mol. The van der Waals surface area contributed by atoms with E-state index in [2.05, 4.69) is 9.97 Å². The fourth-order valence-electron chi connectivity index (χ4n) is 1.96. The number of fused-ring (bicyclic) bond motifs is 2. The third-order valence-corrected chi connectivity index (χ3v) is 2.87. The molecular weight excluding hydrogens is 252 g/mol. The van der Waals surface area contributed by atoms with Crippen molar-refractivity contribution in [3.8, 4) is 0 Å². The lowest BCUT2D eigenvalue weighted by Crippen LogP contribution is -1.71. The number of rotatable bonds is 2. The van der Waals surface area contributed by atoms with E-state index in [0.29, 0.717) is 46.1 Å². The zero-order valence-corrected chi connectivity index (χ0v) is 10.3. The number of nitrogens with zero attached hydrogens (tertiary/aromatic N) is 2. The van der Waals surface area contributed by atoms with Crippen molar-refractivity contribution >= 4 is 34.4 Å². The first-order chi connectivity index (χ1) is 10.7. The number of benzene rings is 2. The van der Waals surface area contributed by atoms with E-state index < -0.39 is 0 Å². The van der Waals surface area contributed by atoms with Gasteiger partial charge in [-0.15, -0.1) is 0 Å². The third kappa shape index (κ3) is 1.87. The maximum Gasteiger partial charge on any atom is 0.220 e. The summed E-state index contributed by atoms with van der Waals surface area (Å²) in [4.78, 5) is 8.57. The van der Waals surface area contributed by atoms with E-state index in [9.17, 15) is 0 Å². The van der Waals surface area contributed by atoms with Gasteiger partial charge in [0.1, 0.15) is 11.0 Å². The third-order valence-electron chi connectivity index (χ3n) is 2.87. The summed E-state index contributed by atoms with van der Waals surface area (Å²) in [5.41, 5.74) is 2.55. The lowest BCUT2D eigenvalue weighted by atomic mass is 10.3. The van der Waals surface area contributed by atoms with Crippen LogP contribution in [0.1, 0.15) is 14.5 Å². The van der Waals surface area contributed by atoms with Gasteiger partial charge in [0.05, 0.1) is 2.74 Å². The molecule has 4 nitrogen and oxygen atoms in total. The van der Waals surface area contributed by atoms with Crippen molar-refractivity contribution in [1.82, 2.24) is 9.97 Å². The largest absolute Gasteiger partial charge is 0.437 e. The molecule has 0 spiro atoms. The summed E-state index contributed by atoms with van der Waals surface area (Å²) < 4.78 is 26.2. The molecule has 96 valence electrons.